The molecule has 0 aliphatic heterocycles. The van der Waals surface area contributed by atoms with Crippen molar-refractivity contribution in [3.63, 3.8) is 0 Å². The number of hydrogen-bond donors (Lipinski definition) is 3. The van der Waals surface area contributed by atoms with Crippen molar-refractivity contribution in [1.29, 1.82) is 0 Å². The molecule has 0 aliphatic rings. The Morgan fingerprint density at radius 1 is 1.00 bits per heavy atom. The van der Waals surface area contributed by atoms with Crippen LogP contribution >= 0.6 is 12.2 Å². The lowest BCUT2D eigenvalue weighted by atomic mass is 10.1. The average molecular weight is 327 g/mol. The molecular formula is C18H21N3OS. The normalized spacial score (nSPS) is 9.96. The molecule has 0 heterocycles. The van der Waals surface area contributed by atoms with Crippen LogP contribution in [0, 0.1) is 0 Å². The van der Waals surface area contributed by atoms with E-state index in [1.54, 1.807) is 12.1 Å². The first-order valence-corrected chi connectivity index (χ1v) is 8.11. The topological polar surface area (TPSA) is 53.2 Å². The van der Waals surface area contributed by atoms with Crippen molar-refractivity contribution in [1.82, 2.24) is 10.9 Å². The molecule has 2 aromatic rings. The molecule has 5 heteroatoms. The van der Waals surface area contributed by atoms with Crippen molar-refractivity contribution >= 4 is 28.9 Å². The molecule has 0 aromatic heterocycles. The second-order valence-corrected chi connectivity index (χ2v) is 5.61. The minimum absolute atomic E-state index is 0.232. The van der Waals surface area contributed by atoms with E-state index in [1.165, 1.54) is 18.4 Å². The smallest absolute Gasteiger partial charge is 0.269 e. The van der Waals surface area contributed by atoms with Crippen LogP contribution in [0.1, 0.15) is 35.7 Å². The predicted molar refractivity (Wildman–Crippen MR) is 98.3 cm³/mol. The average Bonchev–Trinajstić information content (AvgIpc) is 2.60. The summed E-state index contributed by atoms with van der Waals surface area (Å²) in [6.07, 6.45) is 3.47. The van der Waals surface area contributed by atoms with E-state index in [4.69, 9.17) is 12.2 Å². The third kappa shape index (κ3) is 5.71. The molecule has 2 aromatic carbocycles. The van der Waals surface area contributed by atoms with Gasteiger partial charge in [-0.3, -0.25) is 15.6 Å². The second kappa shape index (κ2) is 8.90. The molecule has 0 bridgehead atoms. The molecule has 0 unspecified atom stereocenters. The van der Waals surface area contributed by atoms with Crippen molar-refractivity contribution < 1.29 is 4.79 Å². The van der Waals surface area contributed by atoms with Crippen LogP contribution in [-0.2, 0) is 6.42 Å². The monoisotopic (exact) mass is 327 g/mol. The van der Waals surface area contributed by atoms with Gasteiger partial charge in [0.1, 0.15) is 0 Å². The maximum atomic E-state index is 11.9. The number of rotatable bonds is 5. The molecule has 0 radical (unpaired) electrons. The van der Waals surface area contributed by atoms with E-state index in [0.29, 0.717) is 10.7 Å². The lowest BCUT2D eigenvalue weighted by molar-refractivity contribution is 0.0944. The highest BCUT2D eigenvalue weighted by Gasteiger charge is 2.04. The number of anilines is 1. The fraction of sp³-hybridized carbons (Fsp3) is 0.222. The lowest BCUT2D eigenvalue weighted by Gasteiger charge is -2.12. The Labute approximate surface area is 142 Å². The number of amides is 1. The van der Waals surface area contributed by atoms with Crippen LogP contribution in [0.4, 0.5) is 5.69 Å². The third-order valence-corrected chi connectivity index (χ3v) is 3.56. The molecule has 0 aliphatic carbocycles. The summed E-state index contributed by atoms with van der Waals surface area (Å²) in [5, 5.41) is 3.38. The first-order valence-electron chi connectivity index (χ1n) is 7.70. The third-order valence-electron chi connectivity index (χ3n) is 3.36. The van der Waals surface area contributed by atoms with Crippen molar-refractivity contribution in [2.75, 3.05) is 5.32 Å². The second-order valence-electron chi connectivity index (χ2n) is 5.20. The van der Waals surface area contributed by atoms with E-state index in [-0.39, 0.29) is 5.91 Å². The molecular weight excluding hydrogens is 306 g/mol. The maximum Gasteiger partial charge on any atom is 0.269 e. The van der Waals surface area contributed by atoms with Crippen molar-refractivity contribution in [2.45, 2.75) is 26.2 Å². The Kier molecular flexibility index (Phi) is 6.56. The first-order chi connectivity index (χ1) is 11.2. The van der Waals surface area contributed by atoms with Crippen LogP contribution in [0.25, 0.3) is 0 Å². The minimum atomic E-state index is -0.232. The standard InChI is InChI=1S/C18H21N3OS/c1-2-3-7-14-10-12-16(13-11-14)19-18(23)21-20-17(22)15-8-5-4-6-9-15/h4-6,8-13H,2-3,7H2,1H3,(H,20,22)(H2,19,21,23). The van der Waals surface area contributed by atoms with Gasteiger partial charge in [-0.2, -0.15) is 0 Å². The number of hydrogen-bond acceptors (Lipinski definition) is 2. The van der Waals surface area contributed by atoms with Crippen LogP contribution < -0.4 is 16.2 Å². The van der Waals surface area contributed by atoms with E-state index < -0.39 is 0 Å². The number of carbonyl (C=O) groups excluding carboxylic acids is 1. The van der Waals surface area contributed by atoms with E-state index >= 15 is 0 Å². The number of hydrazine groups is 1. The van der Waals surface area contributed by atoms with Gasteiger partial charge in [0.2, 0.25) is 0 Å². The Hall–Kier alpha value is -2.40. The molecule has 0 saturated carbocycles. The summed E-state index contributed by atoms with van der Waals surface area (Å²) in [7, 11) is 0. The van der Waals surface area contributed by atoms with Gasteiger partial charge in [-0.25, -0.2) is 0 Å². The van der Waals surface area contributed by atoms with E-state index in [2.05, 4.69) is 35.2 Å². The summed E-state index contributed by atoms with van der Waals surface area (Å²) in [4.78, 5) is 11.9. The largest absolute Gasteiger partial charge is 0.331 e. The lowest BCUT2D eigenvalue weighted by Crippen LogP contribution is -2.43. The van der Waals surface area contributed by atoms with Gasteiger partial charge in [-0.15, -0.1) is 0 Å². The number of nitrogens with one attached hydrogen (secondary N) is 3. The number of thiocarbonyl (C=S) groups is 1. The number of benzene rings is 2. The molecule has 0 spiro atoms. The maximum absolute atomic E-state index is 11.9. The van der Waals surface area contributed by atoms with Crippen molar-refractivity contribution in [2.24, 2.45) is 0 Å². The van der Waals surface area contributed by atoms with Gasteiger partial charge in [-0.1, -0.05) is 43.7 Å². The van der Waals surface area contributed by atoms with Gasteiger partial charge in [0.25, 0.3) is 5.91 Å². The number of aryl methyl sites for hydroxylation is 1. The summed E-state index contributed by atoms with van der Waals surface area (Å²) in [5.41, 5.74) is 8.04. The zero-order valence-corrected chi connectivity index (χ0v) is 14.0. The van der Waals surface area contributed by atoms with Crippen LogP contribution in [0.3, 0.4) is 0 Å². The predicted octanol–water partition coefficient (Wildman–Crippen LogP) is 3.66. The van der Waals surface area contributed by atoms with Crippen LogP contribution in [-0.4, -0.2) is 11.0 Å². The fourth-order valence-corrected chi connectivity index (χ4v) is 2.24. The molecule has 4 nitrogen and oxygen atoms in total. The van der Waals surface area contributed by atoms with Gasteiger partial charge in [0, 0.05) is 11.3 Å². The minimum Gasteiger partial charge on any atom is -0.331 e. The highest BCUT2D eigenvalue weighted by atomic mass is 32.1. The summed E-state index contributed by atoms with van der Waals surface area (Å²) < 4.78 is 0. The van der Waals surface area contributed by atoms with E-state index in [9.17, 15) is 4.79 Å². The number of unbranched alkanes of at least 4 members (excludes halogenated alkanes) is 1. The van der Waals surface area contributed by atoms with Gasteiger partial charge in [0.05, 0.1) is 0 Å². The molecule has 0 fully saturated rings. The summed E-state index contributed by atoms with van der Waals surface area (Å²) in [5.74, 6) is -0.232. The zero-order chi connectivity index (χ0) is 16.5. The van der Waals surface area contributed by atoms with Crippen LogP contribution in [0.2, 0.25) is 0 Å². The molecule has 3 N–H and O–H groups in total. The first kappa shape index (κ1) is 17.0. The Morgan fingerprint density at radius 3 is 2.35 bits per heavy atom. The summed E-state index contributed by atoms with van der Waals surface area (Å²) >= 11 is 5.17. The molecule has 2 rings (SSSR count). The Bertz CT molecular complexity index is 641. The van der Waals surface area contributed by atoms with E-state index in [0.717, 1.165) is 12.1 Å². The molecule has 0 atom stereocenters. The molecule has 120 valence electrons. The van der Waals surface area contributed by atoms with Crippen molar-refractivity contribution in [3.8, 4) is 0 Å². The van der Waals surface area contributed by atoms with Gasteiger partial charge in [0.15, 0.2) is 5.11 Å². The molecule has 0 saturated heterocycles. The highest BCUT2D eigenvalue weighted by molar-refractivity contribution is 7.80. The zero-order valence-electron chi connectivity index (χ0n) is 13.1. The van der Waals surface area contributed by atoms with E-state index in [1.807, 2.05) is 30.3 Å². The van der Waals surface area contributed by atoms with Crippen molar-refractivity contribution in [3.05, 3.63) is 65.7 Å². The highest BCUT2D eigenvalue weighted by Crippen LogP contribution is 2.11. The number of carbonyl (C=O) groups is 1. The Morgan fingerprint density at radius 2 is 1.70 bits per heavy atom. The van der Waals surface area contributed by atoms with Gasteiger partial charge in [-0.05, 0) is 54.9 Å². The van der Waals surface area contributed by atoms with Crippen LogP contribution in [0.5, 0.6) is 0 Å². The fourth-order valence-electron chi connectivity index (χ4n) is 2.07. The quantitative estimate of drug-likeness (QED) is 0.579. The van der Waals surface area contributed by atoms with Gasteiger partial charge < -0.3 is 5.32 Å². The molecule has 1 amide bonds. The SMILES string of the molecule is CCCCc1ccc(NC(=S)NNC(=O)c2ccccc2)cc1. The van der Waals surface area contributed by atoms with Crippen LogP contribution in [0.15, 0.2) is 54.6 Å². The summed E-state index contributed by atoms with van der Waals surface area (Å²) in [6.45, 7) is 2.18. The Balaban J connectivity index is 1.79. The summed E-state index contributed by atoms with van der Waals surface area (Å²) in [6, 6.07) is 17.1. The van der Waals surface area contributed by atoms with Gasteiger partial charge >= 0.3 is 0 Å². The molecule has 23 heavy (non-hydrogen) atoms.